The van der Waals surface area contributed by atoms with E-state index in [9.17, 15) is 45.0 Å². The van der Waals surface area contributed by atoms with E-state index in [2.05, 4.69) is 0 Å². The molecule has 5 aromatic rings. The molecule has 1 aliphatic rings. The summed E-state index contributed by atoms with van der Waals surface area (Å²) in [6.45, 7) is -0.586. The zero-order valence-electron chi connectivity index (χ0n) is 27.5. The van der Waals surface area contributed by atoms with Crippen molar-refractivity contribution >= 4 is 35.1 Å². The van der Waals surface area contributed by atoms with Gasteiger partial charge in [-0.15, -0.1) is 0 Å². The zero-order valence-corrected chi connectivity index (χ0v) is 27.5. The molecule has 0 saturated carbocycles. The number of hydrogen-bond donors (Lipinski definition) is 6. The van der Waals surface area contributed by atoms with E-state index in [4.69, 9.17) is 23.4 Å². The van der Waals surface area contributed by atoms with Gasteiger partial charge in [-0.2, -0.15) is 0 Å². The van der Waals surface area contributed by atoms with Gasteiger partial charge in [-0.1, -0.05) is 24.3 Å². The fraction of sp³-hybridized carbons (Fsp3) is 0.154. The third-order valence-corrected chi connectivity index (χ3v) is 8.08. The Kier molecular flexibility index (Phi) is 10.7. The second-order valence-corrected chi connectivity index (χ2v) is 11.9. The van der Waals surface area contributed by atoms with Crippen LogP contribution in [0.3, 0.4) is 0 Å². The smallest absolute Gasteiger partial charge is 0.331 e. The van der Waals surface area contributed by atoms with Gasteiger partial charge < -0.3 is 54.0 Å². The van der Waals surface area contributed by atoms with Crippen LogP contribution in [0.15, 0.2) is 112 Å². The van der Waals surface area contributed by atoms with Crippen LogP contribution in [0.1, 0.15) is 11.1 Å². The third-order valence-electron chi connectivity index (χ3n) is 8.08. The minimum atomic E-state index is -1.84. The Morgan fingerprint density at radius 1 is 0.717 bits per heavy atom. The molecule has 6 N–H and O–H groups in total. The van der Waals surface area contributed by atoms with Crippen LogP contribution in [0, 0.1) is 0 Å². The van der Waals surface area contributed by atoms with Gasteiger partial charge in [0.2, 0.25) is 6.29 Å². The molecule has 2 unspecified atom stereocenters. The summed E-state index contributed by atoms with van der Waals surface area (Å²) >= 11 is 0. The Balaban J connectivity index is 1.24. The van der Waals surface area contributed by atoms with Crippen LogP contribution in [0.25, 0.3) is 34.4 Å². The van der Waals surface area contributed by atoms with Gasteiger partial charge in [0.15, 0.2) is 17.6 Å². The number of aromatic hydroxyl groups is 4. The maximum atomic E-state index is 12.9. The predicted octanol–water partition coefficient (Wildman–Crippen LogP) is 3.99. The second kappa shape index (κ2) is 15.7. The molecule has 0 spiro atoms. The van der Waals surface area contributed by atoms with Gasteiger partial charge in [-0.05, 0) is 71.8 Å². The number of hydrogen-bond acceptors (Lipinski definition) is 14. The van der Waals surface area contributed by atoms with Crippen molar-refractivity contribution in [3.63, 3.8) is 0 Å². The van der Waals surface area contributed by atoms with E-state index in [1.54, 1.807) is 12.1 Å². The number of phenols is 4. The van der Waals surface area contributed by atoms with E-state index in [1.807, 2.05) is 0 Å². The molecular formula is C39H32O14. The van der Waals surface area contributed by atoms with Crippen molar-refractivity contribution in [2.24, 2.45) is 0 Å². The predicted molar refractivity (Wildman–Crippen MR) is 188 cm³/mol. The molecule has 1 aliphatic heterocycles. The van der Waals surface area contributed by atoms with E-state index in [1.165, 1.54) is 84.9 Å². The molecule has 5 atom stereocenters. The van der Waals surface area contributed by atoms with Gasteiger partial charge in [-0.3, -0.25) is 4.79 Å². The second-order valence-electron chi connectivity index (χ2n) is 11.9. The summed E-state index contributed by atoms with van der Waals surface area (Å²) in [7, 11) is 0. The maximum absolute atomic E-state index is 12.9. The minimum absolute atomic E-state index is 0.00246. The van der Waals surface area contributed by atoms with Gasteiger partial charge in [-0.25, -0.2) is 9.59 Å². The summed E-state index contributed by atoms with van der Waals surface area (Å²) in [6.07, 6.45) is -3.42. The summed E-state index contributed by atoms with van der Waals surface area (Å²) in [4.78, 5) is 38.3. The molecule has 0 bridgehead atoms. The Bertz CT molecular complexity index is 2210. The molecule has 272 valence electrons. The lowest BCUT2D eigenvalue weighted by atomic mass is 9.99. The molecule has 1 fully saturated rings. The molecule has 0 amide bonds. The highest BCUT2D eigenvalue weighted by molar-refractivity contribution is 5.88. The molecule has 14 heteroatoms. The molecule has 0 aliphatic carbocycles. The van der Waals surface area contributed by atoms with Crippen molar-refractivity contribution < 1.29 is 63.6 Å². The largest absolute Gasteiger partial charge is 0.508 e. The number of esters is 2. The van der Waals surface area contributed by atoms with Gasteiger partial charge >= 0.3 is 11.9 Å². The van der Waals surface area contributed by atoms with Crippen LogP contribution < -0.4 is 10.2 Å². The van der Waals surface area contributed by atoms with Crippen LogP contribution in [0.4, 0.5) is 0 Å². The molecule has 0 radical (unpaired) electrons. The topological polar surface area (TPSA) is 223 Å². The number of benzene rings is 4. The summed E-state index contributed by atoms with van der Waals surface area (Å²) in [5.41, 5.74) is 0.892. The first-order chi connectivity index (χ1) is 25.4. The molecule has 1 saturated heterocycles. The summed E-state index contributed by atoms with van der Waals surface area (Å²) in [5.74, 6) is -2.31. The summed E-state index contributed by atoms with van der Waals surface area (Å²) in [5, 5.41) is 61.6. The van der Waals surface area contributed by atoms with E-state index < -0.39 is 60.4 Å². The first-order valence-corrected chi connectivity index (χ1v) is 16.0. The number of carbonyl (C=O) groups is 2. The van der Waals surface area contributed by atoms with Crippen molar-refractivity contribution in [2.45, 2.75) is 30.7 Å². The minimum Gasteiger partial charge on any atom is -0.508 e. The van der Waals surface area contributed by atoms with E-state index in [0.29, 0.717) is 16.7 Å². The monoisotopic (exact) mass is 724 g/mol. The van der Waals surface area contributed by atoms with Crippen molar-refractivity contribution in [2.75, 3.05) is 6.61 Å². The van der Waals surface area contributed by atoms with Crippen molar-refractivity contribution in [1.82, 2.24) is 0 Å². The van der Waals surface area contributed by atoms with Gasteiger partial charge in [0, 0.05) is 35.9 Å². The molecule has 53 heavy (non-hydrogen) atoms. The SMILES string of the molecule is O=C(/C=C/c1ccc(O)cc1)OCC1O[C@@H](Oc2cc(O)c3c(=O)cc(-c4ccc(O)cc4)oc3c2)C(O)[C@@H](OC(=O)/C=C/c2ccc(O)cc2)[C@@H]1O. The number of ether oxygens (including phenoxy) is 4. The van der Waals surface area contributed by atoms with Crippen molar-refractivity contribution in [3.8, 4) is 40.1 Å². The van der Waals surface area contributed by atoms with E-state index >= 15 is 0 Å². The number of carbonyl (C=O) groups excluding carboxylic acids is 2. The van der Waals surface area contributed by atoms with Gasteiger partial charge in [0.05, 0.1) is 0 Å². The molecule has 6 rings (SSSR count). The fourth-order valence-corrected chi connectivity index (χ4v) is 5.38. The molecular weight excluding hydrogens is 692 g/mol. The van der Waals surface area contributed by atoms with Crippen LogP contribution in [0.5, 0.6) is 28.7 Å². The highest BCUT2D eigenvalue weighted by Gasteiger charge is 2.48. The lowest BCUT2D eigenvalue weighted by Gasteiger charge is -2.41. The summed E-state index contributed by atoms with van der Waals surface area (Å²) in [6, 6.07) is 21.2. The highest BCUT2D eigenvalue weighted by atomic mass is 16.7. The molecule has 4 aromatic carbocycles. The maximum Gasteiger partial charge on any atom is 0.331 e. The Morgan fingerprint density at radius 2 is 1.28 bits per heavy atom. The summed E-state index contributed by atoms with van der Waals surface area (Å²) < 4.78 is 28.2. The lowest BCUT2D eigenvalue weighted by Crippen LogP contribution is -2.61. The van der Waals surface area contributed by atoms with Crippen LogP contribution in [-0.2, 0) is 23.8 Å². The Morgan fingerprint density at radius 3 is 1.89 bits per heavy atom. The number of aliphatic hydroxyl groups is 2. The van der Waals surface area contributed by atoms with Crippen LogP contribution in [-0.4, -0.2) is 79.9 Å². The number of aliphatic hydroxyl groups excluding tert-OH is 2. The highest BCUT2D eigenvalue weighted by Crippen LogP contribution is 2.34. The Labute approximate surface area is 300 Å². The van der Waals surface area contributed by atoms with Crippen molar-refractivity contribution in [3.05, 3.63) is 124 Å². The Hall–Kier alpha value is -6.61. The average molecular weight is 725 g/mol. The standard InChI is InChI=1S/C39H32O14/c40-24-9-1-21(2-10-24)5-15-33(45)49-20-32-36(47)38(53-34(46)16-6-22-3-11-25(41)12-4-22)37(48)39(52-32)50-27-17-28(43)35-29(44)19-30(51-31(35)18-27)23-7-13-26(42)14-8-23/h1-19,32,36-43,47-48H,20H2/b15-5+,16-6+/t32?,36-,37?,38+,39-/m1/s1. The number of fused-ring (bicyclic) bond motifs is 1. The molecule has 1 aromatic heterocycles. The first-order valence-electron chi connectivity index (χ1n) is 16.0. The van der Waals surface area contributed by atoms with Crippen molar-refractivity contribution in [1.29, 1.82) is 0 Å². The van der Waals surface area contributed by atoms with Gasteiger partial charge in [0.25, 0.3) is 0 Å². The zero-order chi connectivity index (χ0) is 37.6. The number of rotatable bonds is 10. The molecule has 2 heterocycles. The van der Waals surface area contributed by atoms with Crippen LogP contribution in [0.2, 0.25) is 0 Å². The lowest BCUT2D eigenvalue weighted by molar-refractivity contribution is -0.281. The van der Waals surface area contributed by atoms with E-state index in [0.717, 1.165) is 18.2 Å². The fourth-order valence-electron chi connectivity index (χ4n) is 5.38. The average Bonchev–Trinajstić information content (AvgIpc) is 3.13. The van der Waals surface area contributed by atoms with Gasteiger partial charge in [0.1, 0.15) is 64.3 Å². The first kappa shape index (κ1) is 36.2. The normalized spacial score (nSPS) is 20.1. The number of phenolic OH excluding ortho intramolecular Hbond substituents is 4. The third kappa shape index (κ3) is 8.83. The van der Waals surface area contributed by atoms with Crippen LogP contribution >= 0.6 is 0 Å². The van der Waals surface area contributed by atoms with E-state index in [-0.39, 0.29) is 39.7 Å². The quantitative estimate of drug-likeness (QED) is 0.0886. The molecule has 14 nitrogen and oxygen atoms in total.